The Balaban J connectivity index is 1.64. The lowest BCUT2D eigenvalue weighted by atomic mass is 10.2. The van der Waals surface area contributed by atoms with Gasteiger partial charge in [0, 0.05) is 32.9 Å². The van der Waals surface area contributed by atoms with Crippen LogP contribution in [0.15, 0.2) is 70.2 Å². The van der Waals surface area contributed by atoms with Crippen LogP contribution in [0.2, 0.25) is 5.02 Å². The molecule has 37 heavy (non-hydrogen) atoms. The van der Waals surface area contributed by atoms with Gasteiger partial charge in [-0.1, -0.05) is 29.0 Å². The molecule has 1 amide bonds. The molecule has 0 radical (unpaired) electrons. The van der Waals surface area contributed by atoms with Crippen LogP contribution in [0.25, 0.3) is 10.2 Å². The number of thiazole rings is 1. The van der Waals surface area contributed by atoms with Gasteiger partial charge in [0.25, 0.3) is 5.91 Å². The number of methoxy groups -OCH3 is 2. The molecule has 0 bridgehead atoms. The summed E-state index contributed by atoms with van der Waals surface area (Å²) in [7, 11) is -0.796. The van der Waals surface area contributed by atoms with Crippen LogP contribution in [0.5, 0.6) is 0 Å². The van der Waals surface area contributed by atoms with Crippen molar-refractivity contribution in [1.29, 1.82) is 0 Å². The average Bonchev–Trinajstić information content (AvgIpc) is 3.57. The molecule has 2 heterocycles. The standard InChI is InChI=1S/C25H26ClN3O6S2/c1-33-15-12-28(13-16-34-2)37(31,32)20-10-8-18(9-11-20)24(30)29(17-19-5-4-14-35-19)25-27-23-21(26)6-3-7-22(23)36-25/h3-11,14H,12-13,15-17H2,1-2H3. The van der Waals surface area contributed by atoms with Crippen molar-refractivity contribution in [3.63, 3.8) is 0 Å². The van der Waals surface area contributed by atoms with Gasteiger partial charge >= 0.3 is 0 Å². The number of ether oxygens (including phenoxy) is 2. The molecule has 4 aromatic rings. The Bertz CT molecular complexity index is 1430. The molecule has 0 saturated heterocycles. The molecule has 0 aliphatic heterocycles. The molecule has 0 aliphatic rings. The summed E-state index contributed by atoms with van der Waals surface area (Å²) < 4.78 is 44.1. The number of sulfonamides is 1. The minimum absolute atomic E-state index is 0.0700. The summed E-state index contributed by atoms with van der Waals surface area (Å²) in [5.74, 6) is 0.218. The summed E-state index contributed by atoms with van der Waals surface area (Å²) in [6.07, 6.45) is 1.53. The highest BCUT2D eigenvalue weighted by Crippen LogP contribution is 2.34. The zero-order valence-electron chi connectivity index (χ0n) is 20.3. The van der Waals surface area contributed by atoms with E-state index in [1.807, 2.05) is 12.1 Å². The van der Waals surface area contributed by atoms with E-state index in [4.69, 9.17) is 25.5 Å². The molecule has 0 aliphatic carbocycles. The topological polar surface area (TPSA) is 102 Å². The lowest BCUT2D eigenvalue weighted by molar-refractivity contribution is 0.0983. The quantitative estimate of drug-likeness (QED) is 0.247. The third kappa shape index (κ3) is 6.20. The summed E-state index contributed by atoms with van der Waals surface area (Å²) in [6, 6.07) is 14.8. The van der Waals surface area contributed by atoms with Crippen molar-refractivity contribution < 1.29 is 27.1 Å². The number of furan rings is 1. The number of rotatable bonds is 12. The van der Waals surface area contributed by atoms with Gasteiger partial charge in [-0.05, 0) is 48.5 Å². The van der Waals surface area contributed by atoms with E-state index in [1.54, 1.807) is 18.2 Å². The van der Waals surface area contributed by atoms with E-state index in [0.29, 0.717) is 27.0 Å². The summed E-state index contributed by atoms with van der Waals surface area (Å²) in [5.41, 5.74) is 0.909. The van der Waals surface area contributed by atoms with E-state index in [0.717, 1.165) is 4.70 Å². The van der Waals surface area contributed by atoms with Gasteiger partial charge in [0.2, 0.25) is 10.0 Å². The maximum absolute atomic E-state index is 13.6. The summed E-state index contributed by atoms with van der Waals surface area (Å²) in [6.45, 7) is 0.992. The Kier molecular flexibility index (Phi) is 8.95. The molecule has 0 N–H and O–H groups in total. The van der Waals surface area contributed by atoms with Crippen molar-refractivity contribution in [1.82, 2.24) is 9.29 Å². The van der Waals surface area contributed by atoms with Crippen LogP contribution in [-0.4, -0.2) is 64.1 Å². The first-order valence-corrected chi connectivity index (χ1v) is 14.0. The third-order valence-corrected chi connectivity index (χ3v) is 8.82. The van der Waals surface area contributed by atoms with Crippen molar-refractivity contribution in [3.05, 3.63) is 77.2 Å². The van der Waals surface area contributed by atoms with Crippen molar-refractivity contribution in [3.8, 4) is 0 Å². The fraction of sp³-hybridized carbons (Fsp3) is 0.280. The fourth-order valence-corrected chi connectivity index (χ4v) is 6.29. The highest BCUT2D eigenvalue weighted by Gasteiger charge is 2.26. The molecular weight excluding hydrogens is 538 g/mol. The zero-order chi connectivity index (χ0) is 26.4. The van der Waals surface area contributed by atoms with E-state index in [-0.39, 0.29) is 43.7 Å². The number of hydrogen-bond donors (Lipinski definition) is 0. The molecule has 0 spiro atoms. The predicted octanol–water partition coefficient (Wildman–Crippen LogP) is 4.67. The monoisotopic (exact) mass is 563 g/mol. The Labute approximate surface area is 224 Å². The second-order valence-corrected chi connectivity index (χ2v) is 11.3. The van der Waals surface area contributed by atoms with Crippen LogP contribution in [-0.2, 0) is 26.0 Å². The van der Waals surface area contributed by atoms with Crippen molar-refractivity contribution in [2.24, 2.45) is 0 Å². The van der Waals surface area contributed by atoms with Crippen LogP contribution < -0.4 is 4.90 Å². The zero-order valence-corrected chi connectivity index (χ0v) is 22.7. The maximum atomic E-state index is 13.6. The molecular formula is C25H26ClN3O6S2. The highest BCUT2D eigenvalue weighted by molar-refractivity contribution is 7.89. The number of fused-ring (bicyclic) bond motifs is 1. The first-order valence-electron chi connectivity index (χ1n) is 11.3. The van der Waals surface area contributed by atoms with Crippen LogP contribution in [0.4, 0.5) is 5.13 Å². The number of hydrogen-bond acceptors (Lipinski definition) is 8. The van der Waals surface area contributed by atoms with Crippen LogP contribution in [0, 0.1) is 0 Å². The van der Waals surface area contributed by atoms with Gasteiger partial charge in [-0.25, -0.2) is 13.4 Å². The summed E-state index contributed by atoms with van der Waals surface area (Å²) >= 11 is 7.64. The van der Waals surface area contributed by atoms with E-state index in [9.17, 15) is 13.2 Å². The number of halogens is 1. The van der Waals surface area contributed by atoms with E-state index < -0.39 is 10.0 Å². The Morgan fingerprint density at radius 2 is 1.73 bits per heavy atom. The highest BCUT2D eigenvalue weighted by atomic mass is 35.5. The molecule has 0 atom stereocenters. The number of carbonyl (C=O) groups is 1. The average molecular weight is 564 g/mol. The van der Waals surface area contributed by atoms with Crippen molar-refractivity contribution >= 4 is 54.2 Å². The van der Waals surface area contributed by atoms with E-state index in [1.165, 1.54) is 65.3 Å². The lowest BCUT2D eigenvalue weighted by Crippen LogP contribution is -2.36. The first kappa shape index (κ1) is 27.2. The number of para-hydroxylation sites is 1. The van der Waals surface area contributed by atoms with Gasteiger partial charge in [-0.3, -0.25) is 9.69 Å². The molecule has 4 rings (SSSR count). The van der Waals surface area contributed by atoms with Gasteiger partial charge in [-0.15, -0.1) is 0 Å². The van der Waals surface area contributed by atoms with E-state index >= 15 is 0 Å². The molecule has 12 heteroatoms. The van der Waals surface area contributed by atoms with Crippen LogP contribution in [0.3, 0.4) is 0 Å². The lowest BCUT2D eigenvalue weighted by Gasteiger charge is -2.22. The molecule has 9 nitrogen and oxygen atoms in total. The molecule has 0 saturated carbocycles. The van der Waals surface area contributed by atoms with Gasteiger partial charge in [0.1, 0.15) is 11.3 Å². The molecule has 196 valence electrons. The Morgan fingerprint density at radius 3 is 2.32 bits per heavy atom. The summed E-state index contributed by atoms with van der Waals surface area (Å²) in [4.78, 5) is 19.8. The minimum Gasteiger partial charge on any atom is -0.467 e. The van der Waals surface area contributed by atoms with Crippen LogP contribution >= 0.6 is 22.9 Å². The predicted molar refractivity (Wildman–Crippen MR) is 143 cm³/mol. The maximum Gasteiger partial charge on any atom is 0.260 e. The molecule has 0 fully saturated rings. The van der Waals surface area contributed by atoms with Gasteiger partial charge in [0.05, 0.1) is 40.6 Å². The largest absolute Gasteiger partial charge is 0.467 e. The number of aromatic nitrogens is 1. The van der Waals surface area contributed by atoms with Crippen molar-refractivity contribution in [2.45, 2.75) is 11.4 Å². The Morgan fingerprint density at radius 1 is 1.03 bits per heavy atom. The first-order chi connectivity index (χ1) is 17.8. The number of amides is 1. The Hall–Kier alpha value is -2.80. The van der Waals surface area contributed by atoms with Crippen LogP contribution in [0.1, 0.15) is 16.1 Å². The molecule has 0 unspecified atom stereocenters. The second-order valence-electron chi connectivity index (χ2n) is 7.97. The van der Waals surface area contributed by atoms with Gasteiger partial charge in [-0.2, -0.15) is 4.31 Å². The summed E-state index contributed by atoms with van der Waals surface area (Å²) in [5, 5.41) is 0.943. The van der Waals surface area contributed by atoms with Crippen molar-refractivity contribution in [2.75, 3.05) is 45.4 Å². The number of nitrogens with zero attached hydrogens (tertiary/aromatic N) is 3. The normalized spacial score (nSPS) is 11.9. The number of benzene rings is 2. The van der Waals surface area contributed by atoms with Gasteiger partial charge in [0.15, 0.2) is 5.13 Å². The fourth-order valence-electron chi connectivity index (χ4n) is 3.62. The second kappa shape index (κ2) is 12.2. The number of carbonyl (C=O) groups excluding carboxylic acids is 1. The SMILES string of the molecule is COCCN(CCOC)S(=O)(=O)c1ccc(C(=O)N(Cc2ccco2)c2nc3c(Cl)cccc3s2)cc1. The van der Waals surface area contributed by atoms with E-state index in [2.05, 4.69) is 4.98 Å². The molecule has 2 aromatic carbocycles. The minimum atomic E-state index is -3.82. The smallest absolute Gasteiger partial charge is 0.260 e. The third-order valence-electron chi connectivity index (χ3n) is 5.56. The molecule has 2 aromatic heterocycles. The number of anilines is 1. The van der Waals surface area contributed by atoms with Gasteiger partial charge < -0.3 is 13.9 Å².